The van der Waals surface area contributed by atoms with Crippen LogP contribution in [0, 0.1) is 11.6 Å². The maximum absolute atomic E-state index is 13.5. The van der Waals surface area contributed by atoms with Crippen LogP contribution >= 0.6 is 11.6 Å². The van der Waals surface area contributed by atoms with Gasteiger partial charge in [-0.1, -0.05) is 17.7 Å². The van der Waals surface area contributed by atoms with Crippen LogP contribution in [0.2, 0.25) is 5.02 Å². The minimum atomic E-state index is -4.45. The number of halogens is 3. The fraction of sp³-hybridized carbons (Fsp3) is 0. The van der Waals surface area contributed by atoms with Gasteiger partial charge in [0.1, 0.15) is 11.6 Å². The van der Waals surface area contributed by atoms with E-state index in [-0.39, 0.29) is 16.4 Å². The molecule has 2 aromatic carbocycles. The lowest BCUT2D eigenvalue weighted by Crippen LogP contribution is -2.16. The summed E-state index contributed by atoms with van der Waals surface area (Å²) in [6, 6.07) is 6.84. The molecule has 0 spiro atoms. The van der Waals surface area contributed by atoms with Gasteiger partial charge in [0.05, 0.1) is 10.7 Å². The van der Waals surface area contributed by atoms with Crippen LogP contribution in [0.1, 0.15) is 0 Å². The van der Waals surface area contributed by atoms with Crippen molar-refractivity contribution < 1.29 is 17.2 Å². The number of benzene rings is 2. The Kier molecular flexibility index (Phi) is 3.82. The Bertz CT molecular complexity index is 746. The SMILES string of the molecule is Nc1ccc(Cl)c(NS(=O)(=O)c2c(F)cccc2F)c1. The minimum absolute atomic E-state index is 0.0551. The second kappa shape index (κ2) is 5.26. The highest BCUT2D eigenvalue weighted by molar-refractivity contribution is 7.92. The molecule has 0 heterocycles. The highest BCUT2D eigenvalue weighted by Gasteiger charge is 2.24. The number of nitrogens with one attached hydrogen (secondary N) is 1. The van der Waals surface area contributed by atoms with E-state index in [1.807, 2.05) is 4.72 Å². The molecule has 0 saturated carbocycles. The number of hydrogen-bond acceptors (Lipinski definition) is 3. The van der Waals surface area contributed by atoms with Gasteiger partial charge in [-0.2, -0.15) is 0 Å². The summed E-state index contributed by atoms with van der Waals surface area (Å²) in [5.74, 6) is -2.39. The molecule has 0 aliphatic carbocycles. The molecular weight excluding hydrogens is 310 g/mol. The Labute approximate surface area is 119 Å². The van der Waals surface area contributed by atoms with Gasteiger partial charge in [-0.05, 0) is 30.3 Å². The van der Waals surface area contributed by atoms with Crippen LogP contribution < -0.4 is 10.5 Å². The van der Waals surface area contributed by atoms with Crippen molar-refractivity contribution in [3.8, 4) is 0 Å². The molecule has 0 radical (unpaired) electrons. The molecule has 20 heavy (non-hydrogen) atoms. The summed E-state index contributed by atoms with van der Waals surface area (Å²) in [7, 11) is -4.45. The molecule has 0 aliphatic rings. The number of hydrogen-bond donors (Lipinski definition) is 2. The van der Waals surface area contributed by atoms with Crippen molar-refractivity contribution in [2.75, 3.05) is 10.5 Å². The van der Waals surface area contributed by atoms with E-state index in [1.165, 1.54) is 18.2 Å². The molecule has 3 N–H and O–H groups in total. The van der Waals surface area contributed by atoms with Crippen LogP contribution in [-0.4, -0.2) is 8.42 Å². The summed E-state index contributed by atoms with van der Waals surface area (Å²) in [6.45, 7) is 0. The maximum Gasteiger partial charge on any atom is 0.267 e. The quantitative estimate of drug-likeness (QED) is 0.854. The van der Waals surface area contributed by atoms with E-state index < -0.39 is 26.6 Å². The predicted molar refractivity (Wildman–Crippen MR) is 73.0 cm³/mol. The molecule has 8 heteroatoms. The van der Waals surface area contributed by atoms with Crippen LogP contribution in [0.25, 0.3) is 0 Å². The molecule has 4 nitrogen and oxygen atoms in total. The van der Waals surface area contributed by atoms with E-state index >= 15 is 0 Å². The summed E-state index contributed by atoms with van der Waals surface area (Å²) in [4.78, 5) is -1.07. The number of rotatable bonds is 3. The molecule has 0 aromatic heterocycles. The third kappa shape index (κ3) is 2.83. The van der Waals surface area contributed by atoms with Gasteiger partial charge in [0.2, 0.25) is 0 Å². The summed E-state index contributed by atoms with van der Waals surface area (Å²) >= 11 is 5.80. The largest absolute Gasteiger partial charge is 0.399 e. The van der Waals surface area contributed by atoms with Gasteiger partial charge < -0.3 is 5.73 Å². The average Bonchev–Trinajstić information content (AvgIpc) is 2.33. The van der Waals surface area contributed by atoms with E-state index in [4.69, 9.17) is 17.3 Å². The molecule has 0 fully saturated rings. The van der Waals surface area contributed by atoms with Crippen LogP contribution in [0.5, 0.6) is 0 Å². The first-order valence-electron chi connectivity index (χ1n) is 5.33. The molecule has 2 aromatic rings. The second-order valence-electron chi connectivity index (χ2n) is 3.90. The standard InChI is InChI=1S/C12H9ClF2N2O2S/c13-8-5-4-7(16)6-11(8)17-20(18,19)12-9(14)2-1-3-10(12)15/h1-6,17H,16H2. The summed E-state index contributed by atoms with van der Waals surface area (Å²) < 4.78 is 53.1. The Hall–Kier alpha value is -1.86. The lowest BCUT2D eigenvalue weighted by Gasteiger charge is -2.11. The molecule has 106 valence electrons. The van der Waals surface area contributed by atoms with Crippen LogP contribution in [0.3, 0.4) is 0 Å². The zero-order valence-corrected chi connectivity index (χ0v) is 11.5. The number of sulfonamides is 1. The van der Waals surface area contributed by atoms with E-state index in [1.54, 1.807) is 0 Å². The molecule has 0 atom stereocenters. The van der Waals surface area contributed by atoms with E-state index in [0.29, 0.717) is 0 Å². The summed E-state index contributed by atoms with van der Waals surface area (Å²) in [5.41, 5.74) is 5.69. The second-order valence-corrected chi connectivity index (χ2v) is 5.92. The number of nitrogens with two attached hydrogens (primary N) is 1. The first-order valence-corrected chi connectivity index (χ1v) is 7.19. The van der Waals surface area contributed by atoms with Gasteiger partial charge >= 0.3 is 0 Å². The van der Waals surface area contributed by atoms with Gasteiger partial charge in [-0.25, -0.2) is 17.2 Å². The van der Waals surface area contributed by atoms with Crippen molar-refractivity contribution in [3.05, 3.63) is 53.1 Å². The van der Waals surface area contributed by atoms with Crippen molar-refractivity contribution in [2.24, 2.45) is 0 Å². The molecule has 0 amide bonds. The van der Waals surface area contributed by atoms with E-state index in [0.717, 1.165) is 18.2 Å². The lowest BCUT2D eigenvalue weighted by molar-refractivity contribution is 0.521. The van der Waals surface area contributed by atoms with Crippen molar-refractivity contribution >= 4 is 33.0 Å². The third-order valence-corrected chi connectivity index (χ3v) is 4.17. The fourth-order valence-electron chi connectivity index (χ4n) is 1.56. The molecular formula is C12H9ClF2N2O2S. The van der Waals surface area contributed by atoms with Crippen LogP contribution in [0.4, 0.5) is 20.2 Å². The first kappa shape index (κ1) is 14.5. The average molecular weight is 319 g/mol. The monoisotopic (exact) mass is 318 g/mol. The Balaban J connectivity index is 2.49. The zero-order chi connectivity index (χ0) is 14.9. The van der Waals surface area contributed by atoms with Gasteiger partial charge in [0, 0.05) is 5.69 Å². The van der Waals surface area contributed by atoms with Crippen molar-refractivity contribution in [3.63, 3.8) is 0 Å². The van der Waals surface area contributed by atoms with Gasteiger partial charge in [-0.15, -0.1) is 0 Å². The van der Waals surface area contributed by atoms with Crippen molar-refractivity contribution in [1.29, 1.82) is 0 Å². The Morgan fingerprint density at radius 1 is 1.10 bits per heavy atom. The molecule has 0 saturated heterocycles. The van der Waals surface area contributed by atoms with Crippen LogP contribution in [0.15, 0.2) is 41.3 Å². The maximum atomic E-state index is 13.5. The van der Waals surface area contributed by atoms with Gasteiger partial charge in [0.15, 0.2) is 4.90 Å². The summed E-state index contributed by atoms with van der Waals surface area (Å²) in [5, 5.41) is 0.0551. The normalized spacial score (nSPS) is 11.3. The van der Waals surface area contributed by atoms with Crippen LogP contribution in [-0.2, 0) is 10.0 Å². The van der Waals surface area contributed by atoms with E-state index in [2.05, 4.69) is 0 Å². The first-order chi connectivity index (χ1) is 9.31. The molecule has 0 aliphatic heterocycles. The van der Waals surface area contributed by atoms with Crippen molar-refractivity contribution in [1.82, 2.24) is 0 Å². The fourth-order valence-corrected chi connectivity index (χ4v) is 2.99. The zero-order valence-electron chi connectivity index (χ0n) is 9.90. The highest BCUT2D eigenvalue weighted by Crippen LogP contribution is 2.28. The minimum Gasteiger partial charge on any atom is -0.399 e. The third-order valence-electron chi connectivity index (χ3n) is 2.42. The number of anilines is 2. The van der Waals surface area contributed by atoms with Gasteiger partial charge in [-0.3, -0.25) is 4.72 Å². The number of nitrogen functional groups attached to an aromatic ring is 1. The molecule has 2 rings (SSSR count). The lowest BCUT2D eigenvalue weighted by atomic mass is 10.3. The Morgan fingerprint density at radius 3 is 2.30 bits per heavy atom. The highest BCUT2D eigenvalue weighted by atomic mass is 35.5. The molecule has 0 unspecified atom stereocenters. The smallest absolute Gasteiger partial charge is 0.267 e. The summed E-state index contributed by atoms with van der Waals surface area (Å²) in [6.07, 6.45) is 0. The predicted octanol–water partition coefficient (Wildman–Crippen LogP) is 3.00. The van der Waals surface area contributed by atoms with E-state index in [9.17, 15) is 17.2 Å². The topological polar surface area (TPSA) is 72.2 Å². The Morgan fingerprint density at radius 2 is 1.70 bits per heavy atom. The van der Waals surface area contributed by atoms with Gasteiger partial charge in [0.25, 0.3) is 10.0 Å². The van der Waals surface area contributed by atoms with Crippen molar-refractivity contribution in [2.45, 2.75) is 4.90 Å². The molecule has 0 bridgehead atoms.